The number of rotatable bonds is 7. The molecular weight excluding hydrogens is 364 g/mol. The Bertz CT molecular complexity index is 643. The number of nitrogens with one attached hydrogen (secondary N) is 3. The van der Waals surface area contributed by atoms with Crippen molar-refractivity contribution in [2.45, 2.75) is 38.1 Å². The molecule has 2 fully saturated rings. The fourth-order valence-corrected chi connectivity index (χ4v) is 4.31. The van der Waals surface area contributed by atoms with Gasteiger partial charge in [0.05, 0.1) is 10.9 Å². The van der Waals surface area contributed by atoms with Gasteiger partial charge in [-0.3, -0.25) is 14.4 Å². The first kappa shape index (κ1) is 19.8. The fourth-order valence-electron chi connectivity index (χ4n) is 3.67. The Labute approximate surface area is 163 Å². The van der Waals surface area contributed by atoms with Crippen molar-refractivity contribution in [2.24, 2.45) is 5.92 Å². The van der Waals surface area contributed by atoms with Gasteiger partial charge in [-0.25, -0.2) is 0 Å². The van der Waals surface area contributed by atoms with Crippen molar-refractivity contribution in [3.05, 3.63) is 22.4 Å². The van der Waals surface area contributed by atoms with Crippen molar-refractivity contribution in [1.29, 1.82) is 0 Å². The van der Waals surface area contributed by atoms with E-state index in [2.05, 4.69) is 16.0 Å². The third-order valence-electron chi connectivity index (χ3n) is 5.18. The van der Waals surface area contributed by atoms with Crippen molar-refractivity contribution < 1.29 is 14.4 Å². The normalized spacial score (nSPS) is 22.4. The lowest BCUT2D eigenvalue weighted by atomic mass is 9.97. The average Bonchev–Trinajstić information content (AvgIpc) is 3.40. The Kier molecular flexibility index (Phi) is 7.23. The average molecular weight is 393 g/mol. The molecular formula is C19H28N4O3S. The summed E-state index contributed by atoms with van der Waals surface area (Å²) >= 11 is 1.39. The van der Waals surface area contributed by atoms with E-state index in [0.717, 1.165) is 38.8 Å². The maximum atomic E-state index is 12.4. The number of nitrogens with zero attached hydrogens (tertiary/aromatic N) is 1. The highest BCUT2D eigenvalue weighted by Crippen LogP contribution is 2.17. The maximum absolute atomic E-state index is 12.4. The Morgan fingerprint density at radius 3 is 2.85 bits per heavy atom. The second-order valence-corrected chi connectivity index (χ2v) is 8.17. The van der Waals surface area contributed by atoms with Gasteiger partial charge in [0.15, 0.2) is 0 Å². The summed E-state index contributed by atoms with van der Waals surface area (Å²) in [6.07, 6.45) is 4.24. The van der Waals surface area contributed by atoms with E-state index in [1.807, 2.05) is 16.3 Å². The quantitative estimate of drug-likeness (QED) is 0.645. The lowest BCUT2D eigenvalue weighted by Gasteiger charge is -2.33. The lowest BCUT2D eigenvalue weighted by Crippen LogP contribution is -2.47. The van der Waals surface area contributed by atoms with E-state index in [1.165, 1.54) is 11.3 Å². The minimum atomic E-state index is -0.127. The van der Waals surface area contributed by atoms with Gasteiger partial charge in [-0.2, -0.15) is 0 Å². The van der Waals surface area contributed by atoms with Gasteiger partial charge < -0.3 is 20.9 Å². The summed E-state index contributed by atoms with van der Waals surface area (Å²) in [6.45, 7) is 3.31. The maximum Gasteiger partial charge on any atom is 0.261 e. The smallest absolute Gasteiger partial charge is 0.261 e. The van der Waals surface area contributed by atoms with Crippen LogP contribution in [-0.4, -0.2) is 61.4 Å². The standard InChI is InChI=1S/C19H28N4O3S/c24-17(7-9-21-19(26)16-6-3-11-27-16)23-10-2-4-14(13-23)12-22-18(25)15-5-1-8-20-15/h3,6,11,14-15,20H,1-2,4-5,7-10,12-13H2,(H,21,26)(H,22,25). The van der Waals surface area contributed by atoms with Crippen LogP contribution in [0.1, 0.15) is 41.8 Å². The molecule has 3 amide bonds. The Balaban J connectivity index is 1.36. The number of hydrogen-bond acceptors (Lipinski definition) is 5. The minimum absolute atomic E-state index is 0.0571. The van der Waals surface area contributed by atoms with E-state index in [1.54, 1.807) is 6.07 Å². The van der Waals surface area contributed by atoms with Crippen molar-refractivity contribution in [3.63, 3.8) is 0 Å². The summed E-state index contributed by atoms with van der Waals surface area (Å²) in [7, 11) is 0. The SMILES string of the molecule is O=C(NCCC(=O)N1CCCC(CNC(=O)C2CCCN2)C1)c1cccs1. The molecule has 0 bridgehead atoms. The largest absolute Gasteiger partial charge is 0.354 e. The number of piperidine rings is 1. The van der Waals surface area contributed by atoms with E-state index in [-0.39, 0.29) is 23.8 Å². The van der Waals surface area contributed by atoms with Crippen LogP contribution in [0.4, 0.5) is 0 Å². The Hall–Kier alpha value is -1.93. The minimum Gasteiger partial charge on any atom is -0.354 e. The molecule has 1 aromatic rings. The summed E-state index contributed by atoms with van der Waals surface area (Å²) < 4.78 is 0. The molecule has 0 radical (unpaired) electrons. The molecule has 3 heterocycles. The summed E-state index contributed by atoms with van der Waals surface area (Å²) in [4.78, 5) is 39.0. The molecule has 0 spiro atoms. The lowest BCUT2D eigenvalue weighted by molar-refractivity contribution is -0.132. The molecule has 2 aliphatic rings. The molecule has 148 valence electrons. The molecule has 1 aromatic heterocycles. The van der Waals surface area contributed by atoms with Crippen LogP contribution in [0.5, 0.6) is 0 Å². The molecule has 2 aliphatic heterocycles. The van der Waals surface area contributed by atoms with Crippen LogP contribution in [0.25, 0.3) is 0 Å². The molecule has 0 aromatic carbocycles. The molecule has 3 N–H and O–H groups in total. The van der Waals surface area contributed by atoms with Crippen LogP contribution in [0.2, 0.25) is 0 Å². The predicted molar refractivity (Wildman–Crippen MR) is 105 cm³/mol. The molecule has 2 unspecified atom stereocenters. The first-order valence-electron chi connectivity index (χ1n) is 9.74. The van der Waals surface area contributed by atoms with Gasteiger partial charge in [-0.1, -0.05) is 6.07 Å². The van der Waals surface area contributed by atoms with Crippen molar-refractivity contribution >= 4 is 29.1 Å². The summed E-state index contributed by atoms with van der Waals surface area (Å²) in [6, 6.07) is 3.55. The molecule has 2 atom stereocenters. The Morgan fingerprint density at radius 2 is 2.11 bits per heavy atom. The first-order chi connectivity index (χ1) is 13.1. The van der Waals surface area contributed by atoms with Crippen LogP contribution in [0.15, 0.2) is 17.5 Å². The summed E-state index contributed by atoms with van der Waals surface area (Å²) in [5.41, 5.74) is 0. The molecule has 0 aliphatic carbocycles. The van der Waals surface area contributed by atoms with Crippen LogP contribution < -0.4 is 16.0 Å². The van der Waals surface area contributed by atoms with Crippen molar-refractivity contribution in [3.8, 4) is 0 Å². The van der Waals surface area contributed by atoms with E-state index in [9.17, 15) is 14.4 Å². The van der Waals surface area contributed by atoms with Gasteiger partial charge in [-0.15, -0.1) is 11.3 Å². The predicted octanol–water partition coefficient (Wildman–Crippen LogP) is 0.975. The highest BCUT2D eigenvalue weighted by atomic mass is 32.1. The van der Waals surface area contributed by atoms with Crippen molar-refractivity contribution in [1.82, 2.24) is 20.9 Å². The van der Waals surface area contributed by atoms with Crippen LogP contribution in [-0.2, 0) is 9.59 Å². The molecule has 0 saturated carbocycles. The third-order valence-corrected chi connectivity index (χ3v) is 6.05. The zero-order valence-corrected chi connectivity index (χ0v) is 16.4. The number of thiophene rings is 1. The molecule has 2 saturated heterocycles. The van der Waals surface area contributed by atoms with Crippen LogP contribution in [0, 0.1) is 5.92 Å². The zero-order valence-electron chi connectivity index (χ0n) is 15.5. The van der Waals surface area contributed by atoms with E-state index < -0.39 is 0 Å². The number of carbonyl (C=O) groups is 3. The Morgan fingerprint density at radius 1 is 1.22 bits per heavy atom. The topological polar surface area (TPSA) is 90.5 Å². The third kappa shape index (κ3) is 5.77. The number of amides is 3. The van der Waals surface area contributed by atoms with E-state index >= 15 is 0 Å². The van der Waals surface area contributed by atoms with Gasteiger partial charge in [0.25, 0.3) is 5.91 Å². The van der Waals surface area contributed by atoms with Crippen LogP contribution >= 0.6 is 11.3 Å². The second kappa shape index (κ2) is 9.85. The highest BCUT2D eigenvalue weighted by molar-refractivity contribution is 7.12. The number of carbonyl (C=O) groups excluding carboxylic acids is 3. The molecule has 3 rings (SSSR count). The van der Waals surface area contributed by atoms with E-state index in [4.69, 9.17) is 0 Å². The number of hydrogen-bond donors (Lipinski definition) is 3. The van der Waals surface area contributed by atoms with Crippen LogP contribution in [0.3, 0.4) is 0 Å². The highest BCUT2D eigenvalue weighted by Gasteiger charge is 2.26. The van der Waals surface area contributed by atoms with Gasteiger partial charge >= 0.3 is 0 Å². The number of likely N-dealkylation sites (tertiary alicyclic amines) is 1. The second-order valence-electron chi connectivity index (χ2n) is 7.23. The van der Waals surface area contributed by atoms with Gasteiger partial charge in [0.2, 0.25) is 11.8 Å². The molecule has 8 heteroatoms. The van der Waals surface area contributed by atoms with Crippen molar-refractivity contribution in [2.75, 3.05) is 32.7 Å². The summed E-state index contributed by atoms with van der Waals surface area (Å²) in [5, 5.41) is 10.9. The fraction of sp³-hybridized carbons (Fsp3) is 0.632. The molecule has 7 nitrogen and oxygen atoms in total. The summed E-state index contributed by atoms with van der Waals surface area (Å²) in [5.74, 6) is 0.313. The van der Waals surface area contributed by atoms with Gasteiger partial charge in [0, 0.05) is 32.6 Å². The zero-order chi connectivity index (χ0) is 19.1. The molecule has 27 heavy (non-hydrogen) atoms. The first-order valence-corrected chi connectivity index (χ1v) is 10.6. The monoisotopic (exact) mass is 392 g/mol. The van der Waals surface area contributed by atoms with E-state index in [0.29, 0.717) is 36.9 Å². The van der Waals surface area contributed by atoms with Gasteiger partial charge in [0.1, 0.15) is 0 Å². The van der Waals surface area contributed by atoms with Gasteiger partial charge in [-0.05, 0) is 49.6 Å².